The molecule has 1 aliphatic rings. The zero-order valence-electron chi connectivity index (χ0n) is 6.50. The number of aliphatic hydroxyl groups is 4. The molecule has 0 saturated heterocycles. The lowest BCUT2D eigenvalue weighted by Crippen LogP contribution is -2.58. The number of rotatable bonds is 1. The van der Waals surface area contributed by atoms with Crippen molar-refractivity contribution in [3.8, 4) is 0 Å². The van der Waals surface area contributed by atoms with Gasteiger partial charge in [-0.15, -0.1) is 0 Å². The first-order valence-corrected chi connectivity index (χ1v) is 3.88. The average molecular weight is 177 g/mol. The Balaban J connectivity index is 2.63. The monoisotopic (exact) mass is 177 g/mol. The highest BCUT2D eigenvalue weighted by atomic mass is 16.4. The van der Waals surface area contributed by atoms with Crippen LogP contribution >= 0.6 is 0 Å². The Morgan fingerprint density at radius 2 is 1.67 bits per heavy atom. The van der Waals surface area contributed by atoms with Crippen LogP contribution in [0.4, 0.5) is 0 Å². The van der Waals surface area contributed by atoms with E-state index in [1.165, 1.54) is 0 Å². The first kappa shape index (κ1) is 9.88. The molecule has 0 heterocycles. The highest BCUT2D eigenvalue weighted by Gasteiger charge is 2.37. The minimum absolute atomic E-state index is 0.00407. The smallest absolute Gasteiger partial charge is 0.105 e. The van der Waals surface area contributed by atoms with Crippen molar-refractivity contribution in [3.05, 3.63) is 0 Å². The van der Waals surface area contributed by atoms with Crippen molar-refractivity contribution < 1.29 is 25.5 Å². The standard InChI is InChI=1S/C7H13O5/c8-2-3-1-4(9)6(11)7(12)5(3)10/h3-8,10-12H,1-2H2/q-1/t3?,4-,5-,6?,7?/m0/s1. The fourth-order valence-corrected chi connectivity index (χ4v) is 1.46. The Morgan fingerprint density at radius 1 is 1.08 bits per heavy atom. The van der Waals surface area contributed by atoms with Crippen LogP contribution in [0.5, 0.6) is 0 Å². The summed E-state index contributed by atoms with van der Waals surface area (Å²) in [5.74, 6) is -0.620. The highest BCUT2D eigenvalue weighted by molar-refractivity contribution is 4.91. The summed E-state index contributed by atoms with van der Waals surface area (Å²) in [5, 5.41) is 47.0. The predicted molar refractivity (Wildman–Crippen MR) is 37.0 cm³/mol. The van der Waals surface area contributed by atoms with Crippen molar-refractivity contribution in [3.63, 3.8) is 0 Å². The topological polar surface area (TPSA) is 104 Å². The second-order valence-corrected chi connectivity index (χ2v) is 3.19. The zero-order chi connectivity index (χ0) is 9.30. The van der Waals surface area contributed by atoms with Gasteiger partial charge in [0.1, 0.15) is 6.10 Å². The van der Waals surface area contributed by atoms with Crippen LogP contribution in [0.3, 0.4) is 0 Å². The molecule has 1 rings (SSSR count). The molecule has 0 spiro atoms. The number of hydrogen-bond donors (Lipinski definition) is 4. The zero-order valence-corrected chi connectivity index (χ0v) is 6.50. The van der Waals surface area contributed by atoms with E-state index in [0.29, 0.717) is 0 Å². The summed E-state index contributed by atoms with van der Waals surface area (Å²) in [4.78, 5) is 0. The van der Waals surface area contributed by atoms with Crippen LogP contribution in [-0.2, 0) is 0 Å². The fourth-order valence-electron chi connectivity index (χ4n) is 1.46. The van der Waals surface area contributed by atoms with Gasteiger partial charge in [0.05, 0.1) is 12.2 Å². The van der Waals surface area contributed by atoms with E-state index in [1.807, 2.05) is 0 Å². The Bertz CT molecular complexity index is 146. The van der Waals surface area contributed by atoms with E-state index in [0.717, 1.165) is 0 Å². The maximum atomic E-state index is 11.0. The SMILES string of the molecule is [O-][C@H]1CC(CO)[C@H](O)C(O)C1O. The van der Waals surface area contributed by atoms with Crippen LogP contribution in [0.1, 0.15) is 6.42 Å². The highest BCUT2D eigenvalue weighted by Crippen LogP contribution is 2.23. The minimum Gasteiger partial charge on any atom is -0.850 e. The lowest BCUT2D eigenvalue weighted by Gasteiger charge is -2.43. The lowest BCUT2D eigenvalue weighted by atomic mass is 9.81. The van der Waals surface area contributed by atoms with Gasteiger partial charge in [-0.25, -0.2) is 0 Å². The molecule has 0 aromatic carbocycles. The molecule has 3 unspecified atom stereocenters. The third kappa shape index (κ3) is 1.60. The molecule has 1 saturated carbocycles. The number of aliphatic hydroxyl groups excluding tert-OH is 4. The largest absolute Gasteiger partial charge is 0.850 e. The fraction of sp³-hybridized carbons (Fsp3) is 1.00. The van der Waals surface area contributed by atoms with E-state index in [9.17, 15) is 10.2 Å². The molecule has 0 bridgehead atoms. The van der Waals surface area contributed by atoms with Gasteiger partial charge in [-0.3, -0.25) is 0 Å². The normalized spacial score (nSPS) is 49.2. The molecule has 0 aliphatic heterocycles. The number of hydrogen-bond acceptors (Lipinski definition) is 5. The quantitative estimate of drug-likeness (QED) is 0.338. The second-order valence-electron chi connectivity index (χ2n) is 3.19. The van der Waals surface area contributed by atoms with E-state index in [2.05, 4.69) is 0 Å². The van der Waals surface area contributed by atoms with Gasteiger partial charge in [-0.05, 0) is 0 Å². The van der Waals surface area contributed by atoms with Crippen molar-refractivity contribution in [2.24, 2.45) is 5.92 Å². The van der Waals surface area contributed by atoms with E-state index in [-0.39, 0.29) is 13.0 Å². The third-order valence-electron chi connectivity index (χ3n) is 2.33. The molecule has 0 radical (unpaired) electrons. The van der Waals surface area contributed by atoms with Crippen LogP contribution in [-0.4, -0.2) is 51.4 Å². The van der Waals surface area contributed by atoms with Gasteiger partial charge in [0.25, 0.3) is 0 Å². The molecule has 5 nitrogen and oxygen atoms in total. The second kappa shape index (κ2) is 3.68. The van der Waals surface area contributed by atoms with E-state index >= 15 is 0 Å². The van der Waals surface area contributed by atoms with Crippen LogP contribution in [0.15, 0.2) is 0 Å². The minimum atomic E-state index is -1.43. The first-order chi connectivity index (χ1) is 5.57. The van der Waals surface area contributed by atoms with E-state index < -0.39 is 30.3 Å². The molecule has 1 fully saturated rings. The summed E-state index contributed by atoms with van der Waals surface area (Å²) >= 11 is 0. The Kier molecular flexibility index (Phi) is 3.03. The van der Waals surface area contributed by atoms with Gasteiger partial charge in [0.15, 0.2) is 0 Å². The molecule has 1 aliphatic carbocycles. The summed E-state index contributed by atoms with van der Waals surface area (Å²) in [6.45, 7) is -0.344. The molecular weight excluding hydrogens is 164 g/mol. The van der Waals surface area contributed by atoms with Crippen molar-refractivity contribution in [1.82, 2.24) is 0 Å². The van der Waals surface area contributed by atoms with Gasteiger partial charge in [0.2, 0.25) is 0 Å². The molecule has 12 heavy (non-hydrogen) atoms. The summed E-state index contributed by atoms with van der Waals surface area (Å²) in [6.07, 6.45) is -5.38. The molecule has 5 atom stereocenters. The van der Waals surface area contributed by atoms with Crippen LogP contribution in [0.25, 0.3) is 0 Å². The Morgan fingerprint density at radius 3 is 2.17 bits per heavy atom. The summed E-state index contributed by atoms with van der Waals surface area (Å²) < 4.78 is 0. The van der Waals surface area contributed by atoms with Gasteiger partial charge >= 0.3 is 0 Å². The van der Waals surface area contributed by atoms with Gasteiger partial charge in [0, 0.05) is 12.5 Å². The molecular formula is C7H13O5-. The third-order valence-corrected chi connectivity index (χ3v) is 2.33. The lowest BCUT2D eigenvalue weighted by molar-refractivity contribution is -0.455. The molecule has 72 valence electrons. The maximum absolute atomic E-state index is 11.0. The molecule has 5 heteroatoms. The van der Waals surface area contributed by atoms with E-state index in [4.69, 9.17) is 15.3 Å². The molecule has 0 aromatic rings. The summed E-state index contributed by atoms with van der Waals surface area (Å²) in [6, 6.07) is 0. The van der Waals surface area contributed by atoms with Crippen molar-refractivity contribution in [2.45, 2.75) is 30.8 Å². The Hall–Kier alpha value is -0.200. The Labute approximate surface area is 69.9 Å². The van der Waals surface area contributed by atoms with Crippen molar-refractivity contribution in [2.75, 3.05) is 6.61 Å². The van der Waals surface area contributed by atoms with Crippen LogP contribution in [0, 0.1) is 5.92 Å². The van der Waals surface area contributed by atoms with Crippen molar-refractivity contribution >= 4 is 0 Å². The van der Waals surface area contributed by atoms with Gasteiger partial charge in [-0.1, -0.05) is 12.5 Å². The summed E-state index contributed by atoms with van der Waals surface area (Å²) in [5.41, 5.74) is 0. The molecule has 0 amide bonds. The van der Waals surface area contributed by atoms with E-state index in [1.54, 1.807) is 0 Å². The molecule has 0 aromatic heterocycles. The van der Waals surface area contributed by atoms with Gasteiger partial charge < -0.3 is 25.5 Å². The van der Waals surface area contributed by atoms with Crippen LogP contribution in [0.2, 0.25) is 0 Å². The predicted octanol–water partition coefficient (Wildman–Crippen LogP) is -3.19. The van der Waals surface area contributed by atoms with Crippen molar-refractivity contribution in [1.29, 1.82) is 0 Å². The maximum Gasteiger partial charge on any atom is 0.105 e. The summed E-state index contributed by atoms with van der Waals surface area (Å²) in [7, 11) is 0. The first-order valence-electron chi connectivity index (χ1n) is 3.88. The van der Waals surface area contributed by atoms with Crippen LogP contribution < -0.4 is 5.11 Å². The van der Waals surface area contributed by atoms with Gasteiger partial charge in [-0.2, -0.15) is 0 Å². The average Bonchev–Trinajstić information content (AvgIpc) is 2.08. The molecule has 4 N–H and O–H groups in total.